The fourth-order valence-electron chi connectivity index (χ4n) is 1.85. The first-order valence-electron chi connectivity index (χ1n) is 6.65. The average Bonchev–Trinajstić information content (AvgIpc) is 2.78. The number of fused-ring (bicyclic) bond motifs is 1. The molecule has 1 aromatic carbocycles. The minimum Gasteiger partial charge on any atom is -0.455 e. The van der Waals surface area contributed by atoms with Crippen molar-refractivity contribution in [1.82, 2.24) is 10.5 Å². The Balaban J connectivity index is 1.89. The molecule has 2 aromatic rings. The summed E-state index contributed by atoms with van der Waals surface area (Å²) >= 11 is 0. The summed E-state index contributed by atoms with van der Waals surface area (Å²) in [6, 6.07) is 7.26. The molecule has 21 heavy (non-hydrogen) atoms. The van der Waals surface area contributed by atoms with Crippen LogP contribution in [0.3, 0.4) is 0 Å². The van der Waals surface area contributed by atoms with Gasteiger partial charge in [-0.25, -0.2) is 0 Å². The van der Waals surface area contributed by atoms with Gasteiger partial charge in [0.25, 0.3) is 5.91 Å². The zero-order valence-electron chi connectivity index (χ0n) is 12.3. The van der Waals surface area contributed by atoms with Gasteiger partial charge in [0, 0.05) is 10.9 Å². The summed E-state index contributed by atoms with van der Waals surface area (Å²) in [5, 5.41) is 7.33. The maximum Gasteiger partial charge on any atom is 0.312 e. The van der Waals surface area contributed by atoms with Crippen LogP contribution in [-0.2, 0) is 20.7 Å². The highest BCUT2D eigenvalue weighted by atomic mass is 16.5. The maximum atomic E-state index is 11.7. The Kier molecular flexibility index (Phi) is 4.26. The largest absolute Gasteiger partial charge is 0.455 e. The minimum atomic E-state index is -0.516. The molecule has 0 aliphatic carbocycles. The predicted molar refractivity (Wildman–Crippen MR) is 76.6 cm³/mol. The Hall–Kier alpha value is -2.37. The molecule has 0 unspecified atom stereocenters. The summed E-state index contributed by atoms with van der Waals surface area (Å²) in [4.78, 5) is 23.3. The number of aromatic nitrogens is 1. The van der Waals surface area contributed by atoms with Crippen molar-refractivity contribution in [2.24, 2.45) is 0 Å². The maximum absolute atomic E-state index is 11.7. The molecule has 0 saturated carbocycles. The number of nitrogens with one attached hydrogen (secondary N) is 1. The lowest BCUT2D eigenvalue weighted by Crippen LogP contribution is -2.42. The van der Waals surface area contributed by atoms with E-state index in [4.69, 9.17) is 9.26 Å². The van der Waals surface area contributed by atoms with E-state index in [0.29, 0.717) is 11.3 Å². The lowest BCUT2D eigenvalue weighted by Gasteiger charge is -2.20. The molecule has 112 valence electrons. The van der Waals surface area contributed by atoms with Gasteiger partial charge in [0.05, 0.1) is 6.42 Å². The number of amides is 1. The van der Waals surface area contributed by atoms with Crippen LogP contribution in [0, 0.1) is 0 Å². The first-order valence-corrected chi connectivity index (χ1v) is 6.65. The molecular weight excluding hydrogens is 272 g/mol. The van der Waals surface area contributed by atoms with Crippen LogP contribution in [0.25, 0.3) is 11.0 Å². The van der Waals surface area contributed by atoms with E-state index in [1.807, 2.05) is 39.0 Å². The van der Waals surface area contributed by atoms with E-state index < -0.39 is 5.97 Å². The van der Waals surface area contributed by atoms with Crippen molar-refractivity contribution in [3.63, 3.8) is 0 Å². The van der Waals surface area contributed by atoms with E-state index in [0.717, 1.165) is 5.39 Å². The number of carbonyl (C=O) groups is 2. The number of ether oxygens (including phenoxy) is 1. The van der Waals surface area contributed by atoms with Gasteiger partial charge in [0.15, 0.2) is 12.2 Å². The molecule has 0 fully saturated rings. The molecule has 0 atom stereocenters. The Bertz CT molecular complexity index is 655. The zero-order chi connectivity index (χ0) is 15.5. The van der Waals surface area contributed by atoms with Crippen LogP contribution in [0.15, 0.2) is 28.8 Å². The van der Waals surface area contributed by atoms with Crippen molar-refractivity contribution < 1.29 is 18.8 Å². The van der Waals surface area contributed by atoms with Gasteiger partial charge in [-0.3, -0.25) is 9.59 Å². The van der Waals surface area contributed by atoms with Crippen LogP contribution >= 0.6 is 0 Å². The Morgan fingerprint density at radius 3 is 2.71 bits per heavy atom. The van der Waals surface area contributed by atoms with E-state index >= 15 is 0 Å². The molecule has 1 amide bonds. The second kappa shape index (κ2) is 5.95. The summed E-state index contributed by atoms with van der Waals surface area (Å²) in [7, 11) is 0. The van der Waals surface area contributed by atoms with Crippen molar-refractivity contribution in [2.75, 3.05) is 6.61 Å². The Labute approximate surface area is 122 Å². The fraction of sp³-hybridized carbons (Fsp3) is 0.400. The third kappa shape index (κ3) is 4.30. The number of carbonyl (C=O) groups excluding carboxylic acids is 2. The normalized spacial score (nSPS) is 11.4. The van der Waals surface area contributed by atoms with E-state index in [-0.39, 0.29) is 24.5 Å². The van der Waals surface area contributed by atoms with Crippen molar-refractivity contribution in [2.45, 2.75) is 32.7 Å². The third-order valence-electron chi connectivity index (χ3n) is 2.64. The van der Waals surface area contributed by atoms with Crippen LogP contribution in [-0.4, -0.2) is 29.2 Å². The summed E-state index contributed by atoms with van der Waals surface area (Å²) in [6.45, 7) is 5.27. The monoisotopic (exact) mass is 290 g/mol. The molecule has 6 nitrogen and oxygen atoms in total. The number of rotatable bonds is 4. The van der Waals surface area contributed by atoms with Gasteiger partial charge in [-0.15, -0.1) is 0 Å². The average molecular weight is 290 g/mol. The van der Waals surface area contributed by atoms with Crippen molar-refractivity contribution in [3.05, 3.63) is 30.0 Å². The zero-order valence-corrected chi connectivity index (χ0v) is 12.3. The molecule has 2 rings (SSSR count). The number of benzene rings is 1. The van der Waals surface area contributed by atoms with Crippen LogP contribution < -0.4 is 5.32 Å². The first kappa shape index (κ1) is 15.0. The summed E-state index contributed by atoms with van der Waals surface area (Å²) in [6.07, 6.45) is -0.0280. The predicted octanol–water partition coefficient (Wildman–Crippen LogP) is 1.83. The van der Waals surface area contributed by atoms with E-state index in [1.54, 1.807) is 6.07 Å². The molecule has 0 aliphatic rings. The van der Waals surface area contributed by atoms with E-state index in [9.17, 15) is 9.59 Å². The van der Waals surface area contributed by atoms with Crippen LogP contribution in [0.4, 0.5) is 0 Å². The molecular formula is C15H18N2O4. The second-order valence-electron chi connectivity index (χ2n) is 5.76. The number of hydrogen-bond acceptors (Lipinski definition) is 5. The number of para-hydroxylation sites is 1. The molecule has 0 bridgehead atoms. The highest BCUT2D eigenvalue weighted by molar-refractivity contribution is 5.85. The molecule has 1 aromatic heterocycles. The molecule has 6 heteroatoms. The highest BCUT2D eigenvalue weighted by Crippen LogP contribution is 2.18. The van der Waals surface area contributed by atoms with E-state index in [2.05, 4.69) is 10.5 Å². The molecule has 0 saturated heterocycles. The SMILES string of the molecule is CC(C)(C)NC(=O)COC(=O)Cc1noc2ccccc12. The summed E-state index contributed by atoms with van der Waals surface area (Å²) in [5.41, 5.74) is 0.767. The van der Waals surface area contributed by atoms with Crippen LogP contribution in [0.2, 0.25) is 0 Å². The summed E-state index contributed by atoms with van der Waals surface area (Å²) in [5.74, 6) is -0.848. The Morgan fingerprint density at radius 1 is 1.29 bits per heavy atom. The van der Waals surface area contributed by atoms with Crippen LogP contribution in [0.5, 0.6) is 0 Å². The van der Waals surface area contributed by atoms with Crippen molar-refractivity contribution in [3.8, 4) is 0 Å². The summed E-state index contributed by atoms with van der Waals surface area (Å²) < 4.78 is 10.0. The smallest absolute Gasteiger partial charge is 0.312 e. The highest BCUT2D eigenvalue weighted by Gasteiger charge is 2.17. The third-order valence-corrected chi connectivity index (χ3v) is 2.64. The molecule has 1 N–H and O–H groups in total. The Morgan fingerprint density at radius 2 is 2.00 bits per heavy atom. The number of nitrogens with zero attached hydrogens (tertiary/aromatic N) is 1. The molecule has 1 heterocycles. The van der Waals surface area contributed by atoms with E-state index in [1.165, 1.54) is 0 Å². The topological polar surface area (TPSA) is 81.4 Å². The standard InChI is InChI=1S/C15H18N2O4/c1-15(2,3)16-13(18)9-20-14(19)8-11-10-6-4-5-7-12(10)21-17-11/h4-7H,8-9H2,1-3H3,(H,16,18). The van der Waals surface area contributed by atoms with Crippen molar-refractivity contribution in [1.29, 1.82) is 0 Å². The minimum absolute atomic E-state index is 0.0280. The van der Waals surface area contributed by atoms with Crippen LogP contribution in [0.1, 0.15) is 26.5 Å². The van der Waals surface area contributed by atoms with Gasteiger partial charge in [0.1, 0.15) is 5.69 Å². The number of esters is 1. The van der Waals surface area contributed by atoms with Gasteiger partial charge in [-0.05, 0) is 32.9 Å². The van der Waals surface area contributed by atoms with Gasteiger partial charge in [-0.1, -0.05) is 17.3 Å². The lowest BCUT2D eigenvalue weighted by atomic mass is 10.1. The molecule has 0 spiro atoms. The second-order valence-corrected chi connectivity index (χ2v) is 5.76. The van der Waals surface area contributed by atoms with Gasteiger partial charge < -0.3 is 14.6 Å². The van der Waals surface area contributed by atoms with Gasteiger partial charge >= 0.3 is 5.97 Å². The van der Waals surface area contributed by atoms with Crippen molar-refractivity contribution >= 4 is 22.8 Å². The van der Waals surface area contributed by atoms with Gasteiger partial charge in [0.2, 0.25) is 0 Å². The first-order chi connectivity index (χ1) is 9.85. The lowest BCUT2D eigenvalue weighted by molar-refractivity contribution is -0.148. The quantitative estimate of drug-likeness (QED) is 0.869. The molecule has 0 aliphatic heterocycles. The molecule has 0 radical (unpaired) electrons. The number of hydrogen-bond donors (Lipinski definition) is 1. The van der Waals surface area contributed by atoms with Gasteiger partial charge in [-0.2, -0.15) is 0 Å². The fourth-order valence-corrected chi connectivity index (χ4v) is 1.85.